The van der Waals surface area contributed by atoms with Crippen LogP contribution in [0, 0.1) is 9.49 Å². The molecule has 18 heavy (non-hydrogen) atoms. The second kappa shape index (κ2) is 4.52. The lowest BCUT2D eigenvalue weighted by molar-refractivity contribution is -0.139. The van der Waals surface area contributed by atoms with Crippen LogP contribution in [-0.2, 0) is 4.79 Å². The molecule has 1 aliphatic heterocycles. The molecule has 1 heterocycles. The number of fused-ring (bicyclic) bond motifs is 3. The number of carboxylic acids is 1. The lowest BCUT2D eigenvalue weighted by Crippen LogP contribution is -2.42. The summed E-state index contributed by atoms with van der Waals surface area (Å²) < 4.78 is 2.10. The van der Waals surface area contributed by atoms with Gasteiger partial charge in [0.05, 0.1) is 5.69 Å². The number of carboxylic acid groups (broad SMARTS) is 1. The summed E-state index contributed by atoms with van der Waals surface area (Å²) in [6, 6.07) is 3.60. The van der Waals surface area contributed by atoms with Gasteiger partial charge in [0, 0.05) is 19.9 Å². The highest BCUT2D eigenvalue weighted by atomic mass is 127. The molecule has 5 heteroatoms. The maximum atomic E-state index is 11.4. The van der Waals surface area contributed by atoms with E-state index in [9.17, 15) is 9.90 Å². The third-order valence-electron chi connectivity index (χ3n) is 3.65. The summed E-state index contributed by atoms with van der Waals surface area (Å²) in [4.78, 5) is 11.4. The van der Waals surface area contributed by atoms with Crippen molar-refractivity contribution in [2.45, 2.75) is 18.4 Å². The van der Waals surface area contributed by atoms with Gasteiger partial charge in [0.1, 0.15) is 6.04 Å². The molecule has 0 amide bonds. The number of carbonyl (C=O) groups is 1. The Balaban J connectivity index is 2.14. The zero-order chi connectivity index (χ0) is 12.9. The summed E-state index contributed by atoms with van der Waals surface area (Å²) in [5.41, 5.74) is 2.17. The van der Waals surface area contributed by atoms with Crippen molar-refractivity contribution in [2.75, 3.05) is 5.32 Å². The molecule has 1 aliphatic carbocycles. The first-order valence-corrected chi connectivity index (χ1v) is 7.60. The molecule has 0 spiro atoms. The zero-order valence-corrected chi connectivity index (χ0v) is 13.1. The first-order valence-electron chi connectivity index (χ1n) is 5.73. The number of nitrogens with one attached hydrogen (secondary N) is 1. The van der Waals surface area contributed by atoms with E-state index in [1.54, 1.807) is 0 Å². The quantitative estimate of drug-likeness (QED) is 0.540. The Morgan fingerprint density at radius 3 is 3.00 bits per heavy atom. The minimum absolute atomic E-state index is 0.125. The van der Waals surface area contributed by atoms with Crippen LogP contribution in [0.1, 0.15) is 17.9 Å². The van der Waals surface area contributed by atoms with Gasteiger partial charge in [-0.15, -0.1) is 0 Å². The molecule has 2 N–H and O–H groups in total. The summed E-state index contributed by atoms with van der Waals surface area (Å²) >= 11 is 5.76. The molecule has 94 valence electrons. The molecular weight excluding hydrogens is 409 g/mol. The van der Waals surface area contributed by atoms with Crippen molar-refractivity contribution in [3.63, 3.8) is 0 Å². The Morgan fingerprint density at radius 2 is 2.28 bits per heavy atom. The van der Waals surface area contributed by atoms with Gasteiger partial charge in [-0.25, -0.2) is 4.79 Å². The minimum Gasteiger partial charge on any atom is -0.480 e. The van der Waals surface area contributed by atoms with Crippen LogP contribution in [0.15, 0.2) is 28.8 Å². The van der Waals surface area contributed by atoms with E-state index in [1.165, 1.54) is 5.56 Å². The van der Waals surface area contributed by atoms with Crippen molar-refractivity contribution in [3.05, 3.63) is 37.9 Å². The molecule has 0 saturated carbocycles. The second-order valence-electron chi connectivity index (χ2n) is 4.67. The smallest absolute Gasteiger partial charge is 0.326 e. The SMILES string of the molecule is O=C(O)C1Nc2c(I)cc(Br)cc2C2C=CCC12. The van der Waals surface area contributed by atoms with E-state index in [1.807, 2.05) is 6.07 Å². The average molecular weight is 420 g/mol. The third kappa shape index (κ3) is 1.87. The van der Waals surface area contributed by atoms with Gasteiger partial charge in [0.15, 0.2) is 0 Å². The summed E-state index contributed by atoms with van der Waals surface area (Å²) in [6.07, 6.45) is 5.07. The van der Waals surface area contributed by atoms with Gasteiger partial charge in [0.2, 0.25) is 0 Å². The van der Waals surface area contributed by atoms with E-state index in [4.69, 9.17) is 0 Å². The standard InChI is InChI=1S/C13H11BrINO2/c14-6-4-9-7-2-1-3-8(7)12(13(17)18)16-11(9)10(15)5-6/h1-2,4-5,7-8,12,16H,3H2,(H,17,18). The molecule has 3 rings (SSSR count). The van der Waals surface area contributed by atoms with Gasteiger partial charge in [0.25, 0.3) is 0 Å². The van der Waals surface area contributed by atoms with Crippen molar-refractivity contribution in [2.24, 2.45) is 5.92 Å². The molecular formula is C13H11BrINO2. The van der Waals surface area contributed by atoms with Crippen LogP contribution in [0.2, 0.25) is 0 Å². The highest BCUT2D eigenvalue weighted by molar-refractivity contribution is 14.1. The van der Waals surface area contributed by atoms with Gasteiger partial charge < -0.3 is 10.4 Å². The van der Waals surface area contributed by atoms with Crippen molar-refractivity contribution < 1.29 is 9.90 Å². The van der Waals surface area contributed by atoms with Gasteiger partial charge >= 0.3 is 5.97 Å². The maximum Gasteiger partial charge on any atom is 0.326 e. The fourth-order valence-corrected chi connectivity index (χ4v) is 4.57. The molecule has 0 radical (unpaired) electrons. The summed E-state index contributed by atoms with van der Waals surface area (Å²) in [5.74, 6) is -0.425. The number of hydrogen-bond acceptors (Lipinski definition) is 2. The first kappa shape index (κ1) is 12.5. The Kier molecular flexibility index (Phi) is 3.13. The fraction of sp³-hybridized carbons (Fsp3) is 0.308. The average Bonchev–Trinajstić information content (AvgIpc) is 2.76. The number of benzene rings is 1. The van der Waals surface area contributed by atoms with Crippen LogP contribution >= 0.6 is 38.5 Å². The predicted octanol–water partition coefficient (Wildman–Crippen LogP) is 3.59. The van der Waals surface area contributed by atoms with Crippen LogP contribution in [0.3, 0.4) is 0 Å². The molecule has 0 aromatic heterocycles. The fourth-order valence-electron chi connectivity index (χ4n) is 2.87. The topological polar surface area (TPSA) is 49.3 Å². The van der Waals surface area contributed by atoms with Crippen molar-refractivity contribution in [1.82, 2.24) is 0 Å². The van der Waals surface area contributed by atoms with Crippen molar-refractivity contribution in [1.29, 1.82) is 0 Å². The van der Waals surface area contributed by atoms with E-state index in [2.05, 4.69) is 62.1 Å². The highest BCUT2D eigenvalue weighted by Crippen LogP contribution is 2.46. The van der Waals surface area contributed by atoms with E-state index < -0.39 is 12.0 Å². The lowest BCUT2D eigenvalue weighted by atomic mass is 9.79. The highest BCUT2D eigenvalue weighted by Gasteiger charge is 2.41. The Bertz CT molecular complexity index is 558. The Hall–Kier alpha value is -0.560. The van der Waals surface area contributed by atoms with Crippen LogP contribution in [0.25, 0.3) is 0 Å². The number of allylic oxidation sites excluding steroid dienone is 2. The third-order valence-corrected chi connectivity index (χ3v) is 4.96. The number of anilines is 1. The molecule has 2 aliphatic rings. The monoisotopic (exact) mass is 419 g/mol. The molecule has 3 atom stereocenters. The van der Waals surface area contributed by atoms with E-state index >= 15 is 0 Å². The number of halogens is 2. The Morgan fingerprint density at radius 1 is 1.50 bits per heavy atom. The number of hydrogen-bond donors (Lipinski definition) is 2. The van der Waals surface area contributed by atoms with Crippen molar-refractivity contribution >= 4 is 50.2 Å². The lowest BCUT2D eigenvalue weighted by Gasteiger charge is -2.35. The zero-order valence-electron chi connectivity index (χ0n) is 9.36. The predicted molar refractivity (Wildman–Crippen MR) is 81.9 cm³/mol. The van der Waals surface area contributed by atoms with Crippen molar-refractivity contribution in [3.8, 4) is 0 Å². The van der Waals surface area contributed by atoms with E-state index in [-0.39, 0.29) is 11.8 Å². The van der Waals surface area contributed by atoms with E-state index in [0.717, 1.165) is 20.2 Å². The van der Waals surface area contributed by atoms with Gasteiger partial charge in [-0.2, -0.15) is 0 Å². The Labute approximate surface area is 127 Å². The van der Waals surface area contributed by atoms with E-state index in [0.29, 0.717) is 0 Å². The number of aliphatic carboxylic acids is 1. The normalized spacial score (nSPS) is 28.4. The molecule has 3 unspecified atom stereocenters. The van der Waals surface area contributed by atoms with Gasteiger partial charge in [-0.3, -0.25) is 0 Å². The molecule has 3 nitrogen and oxygen atoms in total. The van der Waals surface area contributed by atoms with Gasteiger partial charge in [-0.05, 0) is 46.7 Å². The van der Waals surface area contributed by atoms with Crippen LogP contribution in [0.4, 0.5) is 5.69 Å². The molecule has 0 fully saturated rings. The summed E-state index contributed by atoms with van der Waals surface area (Å²) in [6.45, 7) is 0. The second-order valence-corrected chi connectivity index (χ2v) is 6.74. The first-order chi connectivity index (χ1) is 8.58. The largest absolute Gasteiger partial charge is 0.480 e. The number of rotatable bonds is 1. The summed E-state index contributed by atoms with van der Waals surface area (Å²) in [5, 5.41) is 12.5. The maximum absolute atomic E-state index is 11.4. The molecule has 1 aromatic rings. The molecule has 0 bridgehead atoms. The van der Waals surface area contributed by atoms with Gasteiger partial charge in [-0.1, -0.05) is 28.1 Å². The van der Waals surface area contributed by atoms with Crippen LogP contribution in [0.5, 0.6) is 0 Å². The van der Waals surface area contributed by atoms with Crippen LogP contribution < -0.4 is 5.32 Å². The summed E-state index contributed by atoms with van der Waals surface area (Å²) in [7, 11) is 0. The molecule has 1 aromatic carbocycles. The minimum atomic E-state index is -0.766. The van der Waals surface area contributed by atoms with Crippen LogP contribution in [-0.4, -0.2) is 17.1 Å². The molecule has 0 saturated heterocycles.